The second-order valence-corrected chi connectivity index (χ2v) is 4.83. The minimum absolute atomic E-state index is 0.256. The summed E-state index contributed by atoms with van der Waals surface area (Å²) in [5, 5.41) is 10.4. The molecule has 2 atom stereocenters. The largest absolute Gasteiger partial charge is 0.487 e. The van der Waals surface area contributed by atoms with Gasteiger partial charge < -0.3 is 9.84 Å². The van der Waals surface area contributed by atoms with Crippen molar-refractivity contribution in [2.45, 2.75) is 32.5 Å². The minimum atomic E-state index is -0.702. The van der Waals surface area contributed by atoms with Crippen molar-refractivity contribution in [3.05, 3.63) is 65.5 Å². The summed E-state index contributed by atoms with van der Waals surface area (Å²) >= 11 is 0. The Bertz CT molecular complexity index is 554. The van der Waals surface area contributed by atoms with Crippen LogP contribution in [-0.2, 0) is 0 Å². The van der Waals surface area contributed by atoms with E-state index in [1.54, 1.807) is 19.1 Å². The van der Waals surface area contributed by atoms with E-state index in [9.17, 15) is 9.50 Å². The van der Waals surface area contributed by atoms with E-state index in [0.29, 0.717) is 17.7 Å². The van der Waals surface area contributed by atoms with Crippen molar-refractivity contribution in [2.24, 2.45) is 0 Å². The number of aryl methyl sites for hydroxylation is 1. The Morgan fingerprint density at radius 2 is 1.85 bits per heavy atom. The predicted octanol–water partition coefficient (Wildman–Crippen LogP) is 4.03. The molecule has 3 heteroatoms. The van der Waals surface area contributed by atoms with Gasteiger partial charge in [0.15, 0.2) is 0 Å². The summed E-state index contributed by atoms with van der Waals surface area (Å²) in [7, 11) is 0. The molecule has 0 aliphatic carbocycles. The van der Waals surface area contributed by atoms with E-state index in [1.165, 1.54) is 6.07 Å². The molecule has 20 heavy (non-hydrogen) atoms. The average Bonchev–Trinajstić information content (AvgIpc) is 2.48. The molecular formula is C17H19FO2. The fraction of sp³-hybridized carbons (Fsp3) is 0.294. The standard InChI is InChI=1S/C17H19FO2/c1-3-16(17(19)13-7-5-4-6-8-13)20-14-9-10-15(18)12(2)11-14/h4-11,16-17,19H,3H2,1-2H3. The molecule has 0 spiro atoms. The lowest BCUT2D eigenvalue weighted by atomic mass is 10.0. The molecule has 2 nitrogen and oxygen atoms in total. The SMILES string of the molecule is CCC(Oc1ccc(F)c(C)c1)C(O)c1ccccc1. The number of ether oxygens (including phenoxy) is 1. The fourth-order valence-electron chi connectivity index (χ4n) is 2.10. The van der Waals surface area contributed by atoms with E-state index in [1.807, 2.05) is 37.3 Å². The van der Waals surface area contributed by atoms with Crippen molar-refractivity contribution in [3.63, 3.8) is 0 Å². The zero-order valence-electron chi connectivity index (χ0n) is 11.7. The number of hydrogen-bond donors (Lipinski definition) is 1. The molecule has 2 aromatic rings. The van der Waals surface area contributed by atoms with Crippen molar-refractivity contribution in [1.82, 2.24) is 0 Å². The lowest BCUT2D eigenvalue weighted by Crippen LogP contribution is -2.24. The van der Waals surface area contributed by atoms with Gasteiger partial charge in [0.1, 0.15) is 23.8 Å². The molecule has 0 amide bonds. The second kappa shape index (κ2) is 6.53. The summed E-state index contributed by atoms with van der Waals surface area (Å²) < 4.78 is 19.0. The van der Waals surface area contributed by atoms with Gasteiger partial charge in [-0.1, -0.05) is 37.3 Å². The Balaban J connectivity index is 2.14. The van der Waals surface area contributed by atoms with Crippen LogP contribution in [0.1, 0.15) is 30.6 Å². The van der Waals surface area contributed by atoms with Gasteiger partial charge in [0, 0.05) is 0 Å². The van der Waals surface area contributed by atoms with Crippen LogP contribution in [0.25, 0.3) is 0 Å². The molecule has 0 heterocycles. The van der Waals surface area contributed by atoms with Crippen molar-refractivity contribution in [2.75, 3.05) is 0 Å². The van der Waals surface area contributed by atoms with Gasteiger partial charge in [0.2, 0.25) is 0 Å². The molecule has 0 aliphatic rings. The lowest BCUT2D eigenvalue weighted by Gasteiger charge is -2.23. The van der Waals surface area contributed by atoms with Crippen LogP contribution >= 0.6 is 0 Å². The molecular weight excluding hydrogens is 255 g/mol. The average molecular weight is 274 g/mol. The van der Waals surface area contributed by atoms with Crippen molar-refractivity contribution < 1.29 is 14.2 Å². The first-order valence-electron chi connectivity index (χ1n) is 6.77. The van der Waals surface area contributed by atoms with Gasteiger partial charge in [-0.3, -0.25) is 0 Å². The Kier molecular flexibility index (Phi) is 4.74. The van der Waals surface area contributed by atoms with Crippen LogP contribution in [0.2, 0.25) is 0 Å². The van der Waals surface area contributed by atoms with Gasteiger partial charge in [-0.25, -0.2) is 4.39 Å². The van der Waals surface area contributed by atoms with Gasteiger partial charge >= 0.3 is 0 Å². The number of benzene rings is 2. The number of aliphatic hydroxyl groups excluding tert-OH is 1. The van der Waals surface area contributed by atoms with E-state index in [2.05, 4.69) is 0 Å². The van der Waals surface area contributed by atoms with E-state index in [-0.39, 0.29) is 11.9 Å². The molecule has 0 saturated carbocycles. The highest BCUT2D eigenvalue weighted by atomic mass is 19.1. The highest BCUT2D eigenvalue weighted by Gasteiger charge is 2.21. The maximum absolute atomic E-state index is 13.2. The smallest absolute Gasteiger partial charge is 0.128 e. The summed E-state index contributed by atoms with van der Waals surface area (Å²) in [5.74, 6) is 0.319. The quantitative estimate of drug-likeness (QED) is 0.892. The maximum atomic E-state index is 13.2. The minimum Gasteiger partial charge on any atom is -0.487 e. The van der Waals surface area contributed by atoms with Gasteiger partial charge in [0.05, 0.1) is 0 Å². The van der Waals surface area contributed by atoms with Gasteiger partial charge in [-0.15, -0.1) is 0 Å². The first-order valence-corrected chi connectivity index (χ1v) is 6.77. The maximum Gasteiger partial charge on any atom is 0.128 e. The van der Waals surface area contributed by atoms with Crippen LogP contribution in [-0.4, -0.2) is 11.2 Å². The number of hydrogen-bond acceptors (Lipinski definition) is 2. The molecule has 106 valence electrons. The first kappa shape index (κ1) is 14.5. The summed E-state index contributed by atoms with van der Waals surface area (Å²) in [6.07, 6.45) is -0.402. The van der Waals surface area contributed by atoms with Crippen molar-refractivity contribution in [3.8, 4) is 5.75 Å². The monoisotopic (exact) mass is 274 g/mol. The zero-order chi connectivity index (χ0) is 14.5. The molecule has 0 aliphatic heterocycles. The van der Waals surface area contributed by atoms with E-state index < -0.39 is 6.10 Å². The second-order valence-electron chi connectivity index (χ2n) is 4.83. The molecule has 1 N–H and O–H groups in total. The summed E-state index contributed by atoms with van der Waals surface area (Å²) in [6.45, 7) is 3.64. The number of rotatable bonds is 5. The van der Waals surface area contributed by atoms with Crippen LogP contribution in [0.4, 0.5) is 4.39 Å². The molecule has 2 unspecified atom stereocenters. The number of aliphatic hydroxyl groups is 1. The van der Waals surface area contributed by atoms with Gasteiger partial charge in [-0.2, -0.15) is 0 Å². The summed E-state index contributed by atoms with van der Waals surface area (Å²) in [6, 6.07) is 14.0. The summed E-state index contributed by atoms with van der Waals surface area (Å²) in [5.41, 5.74) is 1.35. The Hall–Kier alpha value is -1.87. The van der Waals surface area contributed by atoms with Crippen LogP contribution in [0.3, 0.4) is 0 Å². The molecule has 0 aromatic heterocycles. The van der Waals surface area contributed by atoms with Gasteiger partial charge in [0.25, 0.3) is 0 Å². The Labute approximate surface area is 118 Å². The Morgan fingerprint density at radius 1 is 1.15 bits per heavy atom. The van der Waals surface area contributed by atoms with Crippen LogP contribution in [0, 0.1) is 12.7 Å². The highest BCUT2D eigenvalue weighted by Crippen LogP contribution is 2.25. The third kappa shape index (κ3) is 3.36. The van der Waals surface area contributed by atoms with E-state index in [4.69, 9.17) is 4.74 Å². The van der Waals surface area contributed by atoms with Crippen LogP contribution in [0.5, 0.6) is 5.75 Å². The zero-order valence-corrected chi connectivity index (χ0v) is 11.7. The number of halogens is 1. The van der Waals surface area contributed by atoms with Crippen molar-refractivity contribution in [1.29, 1.82) is 0 Å². The molecule has 0 fully saturated rings. The van der Waals surface area contributed by atoms with Gasteiger partial charge in [-0.05, 0) is 42.7 Å². The lowest BCUT2D eigenvalue weighted by molar-refractivity contribution is 0.0331. The predicted molar refractivity (Wildman–Crippen MR) is 77.2 cm³/mol. The van der Waals surface area contributed by atoms with Crippen LogP contribution < -0.4 is 4.74 Å². The molecule has 0 bridgehead atoms. The van der Waals surface area contributed by atoms with Crippen LogP contribution in [0.15, 0.2) is 48.5 Å². The molecule has 0 radical (unpaired) electrons. The Morgan fingerprint density at radius 3 is 2.45 bits per heavy atom. The first-order chi connectivity index (χ1) is 9.61. The highest BCUT2D eigenvalue weighted by molar-refractivity contribution is 5.29. The summed E-state index contributed by atoms with van der Waals surface area (Å²) in [4.78, 5) is 0. The fourth-order valence-corrected chi connectivity index (χ4v) is 2.10. The van der Waals surface area contributed by atoms with E-state index in [0.717, 1.165) is 5.56 Å². The third-order valence-corrected chi connectivity index (χ3v) is 3.31. The third-order valence-electron chi connectivity index (χ3n) is 3.31. The molecule has 0 saturated heterocycles. The van der Waals surface area contributed by atoms with E-state index >= 15 is 0 Å². The normalized spacial score (nSPS) is 13.8. The molecule has 2 rings (SSSR count). The van der Waals surface area contributed by atoms with Crippen molar-refractivity contribution >= 4 is 0 Å². The molecule has 2 aromatic carbocycles. The topological polar surface area (TPSA) is 29.5 Å².